The molecule has 0 aromatic heterocycles. The number of fused-ring (bicyclic) bond motifs is 1. The number of nitrogens with one attached hydrogen (secondary N) is 1. The average molecular weight is 281 g/mol. The van der Waals surface area contributed by atoms with Crippen LogP contribution in [0.25, 0.3) is 0 Å². The third kappa shape index (κ3) is 2.98. The molecule has 0 atom stereocenters. The monoisotopic (exact) mass is 281 g/mol. The standard InChI is InChI=1S/C18H19NO2/c20-12-16-7-3-4-8-17(16)19-18(21)15-10-9-13-5-1-2-6-14(13)11-15/h3-4,7-11,20H,1-2,5-6,12H2,(H,19,21). The van der Waals surface area contributed by atoms with Crippen molar-refractivity contribution in [1.29, 1.82) is 0 Å². The van der Waals surface area contributed by atoms with Gasteiger partial charge in [0, 0.05) is 16.8 Å². The summed E-state index contributed by atoms with van der Waals surface area (Å²) in [5.74, 6) is -0.121. The molecule has 0 bridgehead atoms. The summed E-state index contributed by atoms with van der Waals surface area (Å²) in [5.41, 5.74) is 4.74. The Morgan fingerprint density at radius 1 is 1.05 bits per heavy atom. The van der Waals surface area contributed by atoms with Crippen LogP contribution in [-0.4, -0.2) is 11.0 Å². The van der Waals surface area contributed by atoms with Crippen LogP contribution in [-0.2, 0) is 19.4 Å². The maximum atomic E-state index is 12.4. The fourth-order valence-corrected chi connectivity index (χ4v) is 2.85. The van der Waals surface area contributed by atoms with Crippen LogP contribution in [0.15, 0.2) is 42.5 Å². The summed E-state index contributed by atoms with van der Waals surface area (Å²) < 4.78 is 0. The SMILES string of the molecule is O=C(Nc1ccccc1CO)c1ccc2c(c1)CCCC2. The molecule has 2 N–H and O–H groups in total. The Hall–Kier alpha value is -2.13. The number of aliphatic hydroxyl groups is 1. The minimum absolute atomic E-state index is 0.0827. The largest absolute Gasteiger partial charge is 0.392 e. The fourth-order valence-electron chi connectivity index (χ4n) is 2.85. The summed E-state index contributed by atoms with van der Waals surface area (Å²) in [6, 6.07) is 13.3. The summed E-state index contributed by atoms with van der Waals surface area (Å²) in [4.78, 5) is 12.4. The van der Waals surface area contributed by atoms with E-state index in [1.165, 1.54) is 24.0 Å². The highest BCUT2D eigenvalue weighted by Crippen LogP contribution is 2.23. The van der Waals surface area contributed by atoms with Crippen molar-refractivity contribution in [2.45, 2.75) is 32.3 Å². The van der Waals surface area contributed by atoms with Crippen molar-refractivity contribution in [2.24, 2.45) is 0 Å². The number of carbonyl (C=O) groups excluding carboxylic acids is 1. The summed E-state index contributed by atoms with van der Waals surface area (Å²) in [7, 11) is 0. The zero-order valence-corrected chi connectivity index (χ0v) is 11.9. The summed E-state index contributed by atoms with van der Waals surface area (Å²) in [5, 5.41) is 12.2. The van der Waals surface area contributed by atoms with Crippen molar-refractivity contribution < 1.29 is 9.90 Å². The molecule has 3 heteroatoms. The van der Waals surface area contributed by atoms with Crippen LogP contribution < -0.4 is 5.32 Å². The lowest BCUT2D eigenvalue weighted by Gasteiger charge is -2.16. The number of aryl methyl sites for hydroxylation is 2. The summed E-state index contributed by atoms with van der Waals surface area (Å²) >= 11 is 0. The normalized spacial score (nSPS) is 13.6. The van der Waals surface area contributed by atoms with Gasteiger partial charge >= 0.3 is 0 Å². The average Bonchev–Trinajstić information content (AvgIpc) is 2.55. The van der Waals surface area contributed by atoms with E-state index in [9.17, 15) is 9.90 Å². The van der Waals surface area contributed by atoms with Crippen LogP contribution >= 0.6 is 0 Å². The lowest BCUT2D eigenvalue weighted by atomic mass is 9.90. The molecule has 2 aromatic rings. The molecule has 108 valence electrons. The van der Waals surface area contributed by atoms with Gasteiger partial charge in [0.2, 0.25) is 0 Å². The van der Waals surface area contributed by atoms with Gasteiger partial charge < -0.3 is 10.4 Å². The van der Waals surface area contributed by atoms with Crippen molar-refractivity contribution >= 4 is 11.6 Å². The first-order valence-electron chi connectivity index (χ1n) is 7.40. The molecule has 0 saturated heterocycles. The number of benzene rings is 2. The highest BCUT2D eigenvalue weighted by atomic mass is 16.3. The molecule has 0 heterocycles. The van der Waals surface area contributed by atoms with Gasteiger partial charge in [-0.1, -0.05) is 24.3 Å². The third-order valence-electron chi connectivity index (χ3n) is 4.05. The number of hydrogen-bond acceptors (Lipinski definition) is 2. The molecular formula is C18H19NO2. The first-order chi connectivity index (χ1) is 10.3. The summed E-state index contributed by atoms with van der Waals surface area (Å²) in [6.07, 6.45) is 4.61. The predicted octanol–water partition coefficient (Wildman–Crippen LogP) is 3.31. The van der Waals surface area contributed by atoms with Crippen molar-refractivity contribution in [1.82, 2.24) is 0 Å². The molecule has 2 aromatic carbocycles. The molecule has 0 unspecified atom stereocenters. The Labute approximate surface area is 124 Å². The van der Waals surface area contributed by atoms with Gasteiger partial charge in [-0.05, 0) is 55.0 Å². The van der Waals surface area contributed by atoms with E-state index >= 15 is 0 Å². The maximum Gasteiger partial charge on any atom is 0.255 e. The molecule has 0 spiro atoms. The summed E-state index contributed by atoms with van der Waals surface area (Å²) in [6.45, 7) is -0.0827. The van der Waals surface area contributed by atoms with Crippen LogP contribution in [0.4, 0.5) is 5.69 Å². The predicted molar refractivity (Wildman–Crippen MR) is 83.4 cm³/mol. The molecular weight excluding hydrogens is 262 g/mol. The van der Waals surface area contributed by atoms with E-state index in [1.54, 1.807) is 0 Å². The van der Waals surface area contributed by atoms with Gasteiger partial charge in [0.15, 0.2) is 0 Å². The third-order valence-corrected chi connectivity index (χ3v) is 4.05. The van der Waals surface area contributed by atoms with Crippen LogP contribution in [0.1, 0.15) is 39.9 Å². The van der Waals surface area contributed by atoms with E-state index in [4.69, 9.17) is 0 Å². The van der Waals surface area contributed by atoms with Gasteiger partial charge in [0.05, 0.1) is 6.61 Å². The smallest absolute Gasteiger partial charge is 0.255 e. The van der Waals surface area contributed by atoms with Crippen molar-refractivity contribution in [3.05, 3.63) is 64.7 Å². The maximum absolute atomic E-state index is 12.4. The van der Waals surface area contributed by atoms with Gasteiger partial charge in [0.1, 0.15) is 0 Å². The number of carbonyl (C=O) groups is 1. The van der Waals surface area contributed by atoms with E-state index in [1.807, 2.05) is 36.4 Å². The van der Waals surface area contributed by atoms with Crippen molar-refractivity contribution in [2.75, 3.05) is 5.32 Å². The molecule has 0 saturated carbocycles. The van der Waals surface area contributed by atoms with Crippen molar-refractivity contribution in [3.63, 3.8) is 0 Å². The van der Waals surface area contributed by atoms with Gasteiger partial charge in [-0.2, -0.15) is 0 Å². The number of rotatable bonds is 3. The zero-order chi connectivity index (χ0) is 14.7. The van der Waals surface area contributed by atoms with E-state index in [-0.39, 0.29) is 12.5 Å². The fraction of sp³-hybridized carbons (Fsp3) is 0.278. The Balaban J connectivity index is 1.82. The Morgan fingerprint density at radius 3 is 2.62 bits per heavy atom. The molecule has 3 rings (SSSR count). The Bertz CT molecular complexity index is 664. The van der Waals surface area contributed by atoms with Gasteiger partial charge in [-0.25, -0.2) is 0 Å². The quantitative estimate of drug-likeness (QED) is 0.906. The second-order valence-electron chi connectivity index (χ2n) is 5.46. The van der Waals surface area contributed by atoms with E-state index in [0.29, 0.717) is 11.3 Å². The first-order valence-corrected chi connectivity index (χ1v) is 7.40. The van der Waals surface area contributed by atoms with Crippen LogP contribution in [0, 0.1) is 0 Å². The molecule has 1 aliphatic rings. The number of amides is 1. The van der Waals surface area contributed by atoms with Gasteiger partial charge in [0.25, 0.3) is 5.91 Å². The minimum atomic E-state index is -0.121. The number of para-hydroxylation sites is 1. The molecule has 0 fully saturated rings. The van der Waals surface area contributed by atoms with E-state index in [0.717, 1.165) is 18.4 Å². The lowest BCUT2D eigenvalue weighted by Crippen LogP contribution is -2.14. The van der Waals surface area contributed by atoms with E-state index < -0.39 is 0 Å². The lowest BCUT2D eigenvalue weighted by molar-refractivity contribution is 0.102. The van der Waals surface area contributed by atoms with Gasteiger partial charge in [-0.3, -0.25) is 4.79 Å². The highest BCUT2D eigenvalue weighted by molar-refractivity contribution is 6.04. The van der Waals surface area contributed by atoms with Gasteiger partial charge in [-0.15, -0.1) is 0 Å². The van der Waals surface area contributed by atoms with Crippen LogP contribution in [0.5, 0.6) is 0 Å². The van der Waals surface area contributed by atoms with Crippen LogP contribution in [0.3, 0.4) is 0 Å². The number of aliphatic hydroxyl groups excluding tert-OH is 1. The van der Waals surface area contributed by atoms with Crippen LogP contribution in [0.2, 0.25) is 0 Å². The Kier molecular flexibility index (Phi) is 4.02. The highest BCUT2D eigenvalue weighted by Gasteiger charge is 2.13. The number of hydrogen-bond donors (Lipinski definition) is 2. The second kappa shape index (κ2) is 6.10. The zero-order valence-electron chi connectivity index (χ0n) is 11.9. The van der Waals surface area contributed by atoms with E-state index in [2.05, 4.69) is 11.4 Å². The molecule has 1 aliphatic carbocycles. The molecule has 0 aliphatic heterocycles. The van der Waals surface area contributed by atoms with Crippen molar-refractivity contribution in [3.8, 4) is 0 Å². The second-order valence-corrected chi connectivity index (χ2v) is 5.46. The number of anilines is 1. The molecule has 21 heavy (non-hydrogen) atoms. The Morgan fingerprint density at radius 2 is 1.81 bits per heavy atom. The molecule has 3 nitrogen and oxygen atoms in total. The first kappa shape index (κ1) is 13.8. The molecule has 1 amide bonds. The topological polar surface area (TPSA) is 49.3 Å². The molecule has 0 radical (unpaired) electrons. The minimum Gasteiger partial charge on any atom is -0.392 e.